The number of rotatable bonds is 5. The van der Waals surface area contributed by atoms with Crippen LogP contribution in [0.3, 0.4) is 0 Å². The van der Waals surface area contributed by atoms with Gasteiger partial charge in [0, 0.05) is 6.20 Å². The largest absolute Gasteiger partial charge is 0.459 e. The fourth-order valence-electron chi connectivity index (χ4n) is 4.79. The van der Waals surface area contributed by atoms with Crippen LogP contribution in [0.25, 0.3) is 0 Å². The van der Waals surface area contributed by atoms with Gasteiger partial charge in [0.05, 0.1) is 11.1 Å². The van der Waals surface area contributed by atoms with Crippen LogP contribution in [0.15, 0.2) is 60.8 Å². The molecule has 0 bridgehead atoms. The zero-order valence-electron chi connectivity index (χ0n) is 23.6. The van der Waals surface area contributed by atoms with Crippen molar-refractivity contribution in [1.82, 2.24) is 9.55 Å². The number of fused-ring (bicyclic) bond motifs is 3. The summed E-state index contributed by atoms with van der Waals surface area (Å²) in [5.41, 5.74) is 2.96. The number of ether oxygens (including phenoxy) is 4. The van der Waals surface area contributed by atoms with Crippen molar-refractivity contribution in [2.75, 3.05) is 6.61 Å². The lowest BCUT2D eigenvalue weighted by atomic mass is 9.87. The molecule has 9 nitrogen and oxygen atoms in total. The van der Waals surface area contributed by atoms with Gasteiger partial charge in [-0.2, -0.15) is 4.98 Å². The maximum Gasteiger partial charge on any atom is 0.338 e. The minimum Gasteiger partial charge on any atom is -0.459 e. The third-order valence-electron chi connectivity index (χ3n) is 7.23. The molecule has 3 aromatic rings. The summed E-state index contributed by atoms with van der Waals surface area (Å²) < 4.78 is 25.4. The van der Waals surface area contributed by atoms with Gasteiger partial charge in [0.15, 0.2) is 23.9 Å². The van der Waals surface area contributed by atoms with Crippen molar-refractivity contribution in [3.63, 3.8) is 0 Å². The van der Waals surface area contributed by atoms with Crippen molar-refractivity contribution in [3.8, 4) is 6.01 Å². The van der Waals surface area contributed by atoms with Crippen LogP contribution in [0, 0.1) is 5.41 Å². The minimum atomic E-state index is -0.883. The summed E-state index contributed by atoms with van der Waals surface area (Å²) in [6, 6.07) is 16.3. The summed E-state index contributed by atoms with van der Waals surface area (Å²) in [6.45, 7) is 12.5. The molecule has 0 saturated carbocycles. The van der Waals surface area contributed by atoms with Crippen molar-refractivity contribution < 1.29 is 28.5 Å². The molecular formula is C31H35N3O6. The summed E-state index contributed by atoms with van der Waals surface area (Å²) in [7, 11) is 0. The smallest absolute Gasteiger partial charge is 0.338 e. The third kappa shape index (κ3) is 5.51. The first-order chi connectivity index (χ1) is 18.8. The van der Waals surface area contributed by atoms with Gasteiger partial charge in [0.2, 0.25) is 0 Å². The Morgan fingerprint density at radius 1 is 0.875 bits per heavy atom. The van der Waals surface area contributed by atoms with E-state index in [0.717, 1.165) is 11.1 Å². The van der Waals surface area contributed by atoms with Gasteiger partial charge in [-0.25, -0.2) is 9.59 Å². The van der Waals surface area contributed by atoms with Crippen LogP contribution in [0.1, 0.15) is 79.6 Å². The molecule has 2 aliphatic heterocycles. The molecule has 0 aliphatic carbocycles. The molecule has 0 amide bonds. The van der Waals surface area contributed by atoms with Crippen molar-refractivity contribution >= 4 is 11.9 Å². The van der Waals surface area contributed by atoms with Crippen LogP contribution in [0.4, 0.5) is 0 Å². The Kier molecular flexibility index (Phi) is 7.04. The van der Waals surface area contributed by atoms with E-state index < -0.39 is 36.5 Å². The van der Waals surface area contributed by atoms with E-state index >= 15 is 0 Å². The molecule has 9 heteroatoms. The van der Waals surface area contributed by atoms with E-state index in [0.29, 0.717) is 11.1 Å². The summed E-state index contributed by atoms with van der Waals surface area (Å²) >= 11 is 0. The van der Waals surface area contributed by atoms with Gasteiger partial charge in [-0.05, 0) is 52.3 Å². The van der Waals surface area contributed by atoms with Crippen molar-refractivity contribution in [1.29, 1.82) is 5.41 Å². The van der Waals surface area contributed by atoms with Crippen molar-refractivity contribution in [2.24, 2.45) is 0 Å². The highest BCUT2D eigenvalue weighted by atomic mass is 16.7. The Balaban J connectivity index is 1.33. The fraction of sp³-hybridized carbons (Fsp3) is 0.419. The van der Waals surface area contributed by atoms with Gasteiger partial charge >= 0.3 is 17.9 Å². The molecule has 1 N–H and O–H groups in total. The maximum absolute atomic E-state index is 13.2. The first kappa shape index (κ1) is 27.6. The number of carbonyl (C=O) groups is 2. The molecule has 0 unspecified atom stereocenters. The first-order valence-electron chi connectivity index (χ1n) is 13.4. The highest BCUT2D eigenvalue weighted by Gasteiger charge is 2.54. The molecule has 2 aliphatic rings. The summed E-state index contributed by atoms with van der Waals surface area (Å²) in [5.74, 6) is -1.04. The lowest BCUT2D eigenvalue weighted by Crippen LogP contribution is -2.40. The van der Waals surface area contributed by atoms with Gasteiger partial charge in [0.1, 0.15) is 12.7 Å². The molecule has 4 atom stereocenters. The summed E-state index contributed by atoms with van der Waals surface area (Å²) in [6.07, 6.45) is -1.39. The molecule has 1 fully saturated rings. The Morgan fingerprint density at radius 2 is 1.43 bits per heavy atom. The number of carbonyl (C=O) groups excluding carboxylic acids is 2. The number of hydrogen-bond acceptors (Lipinski definition) is 8. The normalized spacial score (nSPS) is 21.8. The lowest BCUT2D eigenvalue weighted by Gasteiger charge is -2.23. The Bertz CT molecular complexity index is 1470. The van der Waals surface area contributed by atoms with E-state index in [-0.39, 0.29) is 28.9 Å². The standard InChI is InChI=1S/C31H35N3O6/c1-30(2,3)20-11-7-18(8-12-20)27(35)37-17-22-24(25-26(38-22)34-16-15-23(32)33-29(34)40-25)39-28(36)19-9-13-21(14-10-19)31(4,5)6/h7-16,22,24-26,32H,17H2,1-6H3/t22-,24-,25-,26-/m1/s1. The third-order valence-corrected chi connectivity index (χ3v) is 7.23. The predicted octanol–water partition coefficient (Wildman–Crippen LogP) is 4.70. The molecule has 5 rings (SSSR count). The number of hydrogen-bond donors (Lipinski definition) is 1. The second-order valence-corrected chi connectivity index (χ2v) is 12.3. The molecule has 40 heavy (non-hydrogen) atoms. The lowest BCUT2D eigenvalue weighted by molar-refractivity contribution is -0.0574. The molecule has 1 saturated heterocycles. The molecule has 2 aromatic carbocycles. The average Bonchev–Trinajstić information content (AvgIpc) is 3.41. The number of esters is 2. The van der Waals surface area contributed by atoms with E-state index in [4.69, 9.17) is 24.4 Å². The molecule has 1 aromatic heterocycles. The zero-order chi connectivity index (χ0) is 28.8. The summed E-state index contributed by atoms with van der Waals surface area (Å²) in [4.78, 5) is 30.2. The van der Waals surface area contributed by atoms with E-state index in [9.17, 15) is 9.59 Å². The van der Waals surface area contributed by atoms with Crippen LogP contribution in [0.2, 0.25) is 0 Å². The quantitative estimate of drug-likeness (QED) is 0.463. The number of aromatic nitrogens is 2. The van der Waals surface area contributed by atoms with Crippen molar-refractivity contribution in [2.45, 2.75) is 76.9 Å². The second kappa shape index (κ2) is 10.2. The van der Waals surface area contributed by atoms with Crippen LogP contribution < -0.4 is 10.2 Å². The van der Waals surface area contributed by atoms with Crippen molar-refractivity contribution in [3.05, 3.63) is 88.5 Å². The van der Waals surface area contributed by atoms with Crippen LogP contribution in [-0.4, -0.2) is 46.4 Å². The topological polar surface area (TPSA) is 113 Å². The van der Waals surface area contributed by atoms with Gasteiger partial charge in [-0.15, -0.1) is 0 Å². The van der Waals surface area contributed by atoms with E-state index in [2.05, 4.69) is 46.5 Å². The average molecular weight is 546 g/mol. The van der Waals surface area contributed by atoms with Gasteiger partial charge in [0.25, 0.3) is 0 Å². The predicted molar refractivity (Wildman–Crippen MR) is 146 cm³/mol. The molecular weight excluding hydrogens is 510 g/mol. The Labute approximate surface area is 233 Å². The van der Waals surface area contributed by atoms with Crippen LogP contribution in [0.5, 0.6) is 6.01 Å². The van der Waals surface area contributed by atoms with E-state index in [1.165, 1.54) is 6.07 Å². The highest BCUT2D eigenvalue weighted by Crippen LogP contribution is 2.40. The number of nitrogens with zero attached hydrogens (tertiary/aromatic N) is 2. The molecule has 210 valence electrons. The highest BCUT2D eigenvalue weighted by molar-refractivity contribution is 5.90. The fourth-order valence-corrected chi connectivity index (χ4v) is 4.79. The first-order valence-corrected chi connectivity index (χ1v) is 13.4. The number of benzene rings is 2. The van der Waals surface area contributed by atoms with Crippen LogP contribution in [-0.2, 0) is 25.0 Å². The zero-order valence-corrected chi connectivity index (χ0v) is 23.6. The molecule has 0 radical (unpaired) electrons. The molecule has 0 spiro atoms. The second-order valence-electron chi connectivity index (χ2n) is 12.3. The Hall–Kier alpha value is -3.98. The van der Waals surface area contributed by atoms with Gasteiger partial charge < -0.3 is 18.9 Å². The minimum absolute atomic E-state index is 0.0361. The van der Waals surface area contributed by atoms with Crippen LogP contribution >= 0.6 is 0 Å². The molecule has 3 heterocycles. The monoisotopic (exact) mass is 545 g/mol. The maximum atomic E-state index is 13.2. The van der Waals surface area contributed by atoms with Gasteiger partial charge in [-0.3, -0.25) is 9.98 Å². The SMILES string of the molecule is CC(C)(C)c1ccc(C(=O)OC[C@H]2O[C@@H]3[C@H](Oc4nc(=N)ccn43)[C@@H]2OC(=O)c2ccc(C(C)(C)C)cc2)cc1. The summed E-state index contributed by atoms with van der Waals surface area (Å²) in [5, 5.41) is 7.80. The Morgan fingerprint density at radius 3 is 1.98 bits per heavy atom. The van der Waals surface area contributed by atoms with E-state index in [1.54, 1.807) is 35.0 Å². The van der Waals surface area contributed by atoms with Gasteiger partial charge in [-0.1, -0.05) is 65.8 Å². The van der Waals surface area contributed by atoms with E-state index in [1.807, 2.05) is 24.3 Å². The number of nitrogens with one attached hydrogen (secondary N) is 1.